The monoisotopic (exact) mass is 526 g/mol. The van der Waals surface area contributed by atoms with Crippen molar-refractivity contribution in [2.75, 3.05) is 19.0 Å². The van der Waals surface area contributed by atoms with Gasteiger partial charge in [0, 0.05) is 5.75 Å². The van der Waals surface area contributed by atoms with Crippen LogP contribution in [0.4, 0.5) is 0 Å². The summed E-state index contributed by atoms with van der Waals surface area (Å²) in [5.41, 5.74) is 1.69. The molecule has 5 heteroatoms. The van der Waals surface area contributed by atoms with Crippen molar-refractivity contribution in [1.82, 2.24) is 0 Å². The molecule has 3 atom stereocenters. The average molecular weight is 527 g/mol. The standard InChI is InChI=1S/C32H46O4S/c1-4-6-7-8-9-10-11-12-13-26-23-35-32(37-24-26)28-16-14-27(15-17-28)31(33)36-30-20-18-29(19-21-30)34-22-25(3)5-2/h14-21,25-26,32H,4-13,22-24H2,1-3H3. The van der Waals surface area contributed by atoms with Gasteiger partial charge in [-0.2, -0.15) is 0 Å². The second-order valence-electron chi connectivity index (χ2n) is 10.4. The summed E-state index contributed by atoms with van der Waals surface area (Å²) in [6.07, 6.45) is 13.3. The van der Waals surface area contributed by atoms with Crippen LogP contribution in [-0.4, -0.2) is 24.9 Å². The molecule has 0 radical (unpaired) electrons. The second-order valence-corrected chi connectivity index (χ2v) is 11.5. The predicted octanol–water partition coefficient (Wildman–Crippen LogP) is 9.24. The van der Waals surface area contributed by atoms with Gasteiger partial charge in [0.15, 0.2) is 0 Å². The van der Waals surface area contributed by atoms with Crippen molar-refractivity contribution in [3.05, 3.63) is 59.7 Å². The van der Waals surface area contributed by atoms with E-state index in [-0.39, 0.29) is 11.4 Å². The van der Waals surface area contributed by atoms with E-state index in [1.54, 1.807) is 12.1 Å². The Labute approximate surface area is 228 Å². The molecule has 1 aliphatic rings. The van der Waals surface area contributed by atoms with Gasteiger partial charge < -0.3 is 14.2 Å². The fraction of sp³-hybridized carbons (Fsp3) is 0.594. The Morgan fingerprint density at radius 3 is 2.19 bits per heavy atom. The predicted molar refractivity (Wildman–Crippen MR) is 155 cm³/mol. The molecule has 0 bridgehead atoms. The third-order valence-electron chi connectivity index (χ3n) is 7.12. The fourth-order valence-corrected chi connectivity index (χ4v) is 5.61. The number of hydrogen-bond acceptors (Lipinski definition) is 5. The molecule has 3 rings (SSSR count). The number of ether oxygens (including phenoxy) is 3. The summed E-state index contributed by atoms with van der Waals surface area (Å²) >= 11 is 1.88. The quantitative estimate of drug-likeness (QED) is 0.124. The van der Waals surface area contributed by atoms with Crippen LogP contribution in [0.5, 0.6) is 11.5 Å². The maximum Gasteiger partial charge on any atom is 0.343 e. The van der Waals surface area contributed by atoms with Crippen LogP contribution in [0.2, 0.25) is 0 Å². The molecule has 37 heavy (non-hydrogen) atoms. The zero-order valence-corrected chi connectivity index (χ0v) is 23.9. The molecule has 1 fully saturated rings. The number of benzene rings is 2. The summed E-state index contributed by atoms with van der Waals surface area (Å²) in [6.45, 7) is 8.10. The van der Waals surface area contributed by atoms with Crippen LogP contribution >= 0.6 is 11.8 Å². The van der Waals surface area contributed by atoms with Crippen LogP contribution in [0.15, 0.2) is 48.5 Å². The van der Waals surface area contributed by atoms with Gasteiger partial charge in [-0.05, 0) is 60.2 Å². The molecule has 0 amide bonds. The molecule has 0 aliphatic carbocycles. The third-order valence-corrected chi connectivity index (χ3v) is 8.49. The Balaban J connectivity index is 1.35. The van der Waals surface area contributed by atoms with Gasteiger partial charge in [0.05, 0.1) is 18.8 Å². The highest BCUT2D eigenvalue weighted by Gasteiger charge is 2.23. The first-order valence-electron chi connectivity index (χ1n) is 14.4. The normalized spacial score (nSPS) is 18.4. The van der Waals surface area contributed by atoms with Gasteiger partial charge in [-0.15, -0.1) is 11.8 Å². The van der Waals surface area contributed by atoms with Crippen molar-refractivity contribution in [1.29, 1.82) is 0 Å². The van der Waals surface area contributed by atoms with Crippen LogP contribution in [0.25, 0.3) is 0 Å². The maximum absolute atomic E-state index is 12.6. The Hall–Kier alpha value is -1.98. The molecular formula is C32H46O4S. The van der Waals surface area contributed by atoms with Crippen LogP contribution < -0.4 is 9.47 Å². The molecule has 1 heterocycles. The molecule has 4 nitrogen and oxygen atoms in total. The van der Waals surface area contributed by atoms with Gasteiger partial charge in [0.25, 0.3) is 0 Å². The van der Waals surface area contributed by atoms with E-state index in [1.165, 1.54) is 57.8 Å². The minimum Gasteiger partial charge on any atom is -0.493 e. The molecule has 0 aromatic heterocycles. The highest BCUT2D eigenvalue weighted by Crippen LogP contribution is 2.37. The van der Waals surface area contributed by atoms with Gasteiger partial charge in [-0.3, -0.25) is 0 Å². The summed E-state index contributed by atoms with van der Waals surface area (Å²) in [4.78, 5) is 12.6. The average Bonchev–Trinajstić information content (AvgIpc) is 2.94. The van der Waals surface area contributed by atoms with E-state index in [4.69, 9.17) is 14.2 Å². The SMILES string of the molecule is CCCCCCCCCCC1COC(c2ccc(C(=O)Oc3ccc(OCC(C)CC)cc3)cc2)SC1. The lowest BCUT2D eigenvalue weighted by Crippen LogP contribution is -2.21. The van der Waals surface area contributed by atoms with E-state index < -0.39 is 0 Å². The van der Waals surface area contributed by atoms with Gasteiger partial charge in [-0.1, -0.05) is 90.7 Å². The number of hydrogen-bond donors (Lipinski definition) is 0. The third kappa shape index (κ3) is 10.7. The van der Waals surface area contributed by atoms with Gasteiger partial charge >= 0.3 is 5.97 Å². The number of unbranched alkanes of at least 4 members (excludes halogenated alkanes) is 7. The zero-order chi connectivity index (χ0) is 26.3. The molecule has 2 aromatic carbocycles. The lowest BCUT2D eigenvalue weighted by molar-refractivity contribution is 0.0721. The smallest absolute Gasteiger partial charge is 0.343 e. The highest BCUT2D eigenvalue weighted by atomic mass is 32.2. The lowest BCUT2D eigenvalue weighted by atomic mass is 10.0. The molecule has 0 saturated carbocycles. The van der Waals surface area contributed by atoms with Crippen molar-refractivity contribution in [3.63, 3.8) is 0 Å². The van der Waals surface area contributed by atoms with Crippen molar-refractivity contribution >= 4 is 17.7 Å². The van der Waals surface area contributed by atoms with E-state index in [2.05, 4.69) is 20.8 Å². The largest absolute Gasteiger partial charge is 0.493 e. The Morgan fingerprint density at radius 2 is 1.57 bits per heavy atom. The zero-order valence-electron chi connectivity index (χ0n) is 23.1. The summed E-state index contributed by atoms with van der Waals surface area (Å²) < 4.78 is 17.5. The van der Waals surface area contributed by atoms with Crippen LogP contribution in [0.1, 0.15) is 106 Å². The molecule has 0 N–H and O–H groups in total. The van der Waals surface area contributed by atoms with E-state index in [0.29, 0.717) is 29.8 Å². The summed E-state index contributed by atoms with van der Waals surface area (Å²) in [7, 11) is 0. The number of carbonyl (C=O) groups is 1. The fourth-order valence-electron chi connectivity index (χ4n) is 4.37. The van der Waals surface area contributed by atoms with Crippen LogP contribution in [-0.2, 0) is 4.74 Å². The lowest BCUT2D eigenvalue weighted by Gasteiger charge is -2.29. The van der Waals surface area contributed by atoms with Crippen molar-refractivity contribution in [2.24, 2.45) is 11.8 Å². The van der Waals surface area contributed by atoms with E-state index >= 15 is 0 Å². The topological polar surface area (TPSA) is 44.8 Å². The summed E-state index contributed by atoms with van der Waals surface area (Å²) in [6, 6.07) is 14.9. The first-order valence-corrected chi connectivity index (χ1v) is 15.4. The van der Waals surface area contributed by atoms with E-state index in [9.17, 15) is 4.79 Å². The molecule has 204 valence electrons. The van der Waals surface area contributed by atoms with E-state index in [0.717, 1.165) is 30.1 Å². The summed E-state index contributed by atoms with van der Waals surface area (Å²) in [5, 5.41) is 0. The first kappa shape index (κ1) is 29.6. The van der Waals surface area contributed by atoms with Gasteiger partial charge in [0.2, 0.25) is 0 Å². The Morgan fingerprint density at radius 1 is 0.919 bits per heavy atom. The number of carbonyl (C=O) groups excluding carboxylic acids is 1. The second kappa shape index (κ2) is 16.8. The van der Waals surface area contributed by atoms with Gasteiger partial charge in [0.1, 0.15) is 16.9 Å². The summed E-state index contributed by atoms with van der Waals surface area (Å²) in [5.74, 6) is 3.25. The molecule has 0 spiro atoms. The van der Waals surface area contributed by atoms with E-state index in [1.807, 2.05) is 48.2 Å². The highest BCUT2D eigenvalue weighted by molar-refractivity contribution is 7.99. The minimum atomic E-state index is -0.359. The van der Waals surface area contributed by atoms with Crippen LogP contribution in [0, 0.1) is 11.8 Å². The number of thioether (sulfide) groups is 1. The molecule has 1 aliphatic heterocycles. The molecule has 3 unspecified atom stereocenters. The van der Waals surface area contributed by atoms with Gasteiger partial charge in [-0.25, -0.2) is 4.79 Å². The maximum atomic E-state index is 12.6. The van der Waals surface area contributed by atoms with Crippen molar-refractivity contribution in [3.8, 4) is 11.5 Å². The molecular weight excluding hydrogens is 480 g/mol. The minimum absolute atomic E-state index is 0.0443. The Bertz CT molecular complexity index is 888. The molecule has 2 aromatic rings. The first-order chi connectivity index (χ1) is 18.1. The molecule has 1 saturated heterocycles. The van der Waals surface area contributed by atoms with Crippen LogP contribution in [0.3, 0.4) is 0 Å². The van der Waals surface area contributed by atoms with Crippen molar-refractivity contribution < 1.29 is 19.0 Å². The Kier molecular flexibility index (Phi) is 13.4. The van der Waals surface area contributed by atoms with Crippen molar-refractivity contribution in [2.45, 2.75) is 90.4 Å². The number of esters is 1. The number of rotatable bonds is 16.